The van der Waals surface area contributed by atoms with Crippen molar-refractivity contribution in [2.75, 3.05) is 0 Å². The van der Waals surface area contributed by atoms with Crippen LogP contribution >= 0.6 is 0 Å². The van der Waals surface area contributed by atoms with Crippen molar-refractivity contribution in [3.63, 3.8) is 0 Å². The summed E-state index contributed by atoms with van der Waals surface area (Å²) < 4.78 is 29.0. The van der Waals surface area contributed by atoms with Crippen molar-refractivity contribution in [2.24, 2.45) is 0 Å². The van der Waals surface area contributed by atoms with Crippen LogP contribution < -0.4 is 11.2 Å². The second-order valence-electron chi connectivity index (χ2n) is 5.43. The van der Waals surface area contributed by atoms with E-state index in [0.717, 1.165) is 10.6 Å². The van der Waals surface area contributed by atoms with E-state index >= 15 is 0 Å². The van der Waals surface area contributed by atoms with E-state index in [9.17, 15) is 18.4 Å². The number of benzene rings is 1. The summed E-state index contributed by atoms with van der Waals surface area (Å²) in [5.74, 6) is -1.06. The maximum atomic E-state index is 13.2. The number of aromatic amines is 1. The van der Waals surface area contributed by atoms with E-state index in [-0.39, 0.29) is 17.7 Å². The van der Waals surface area contributed by atoms with Gasteiger partial charge in [-0.05, 0) is 37.6 Å². The van der Waals surface area contributed by atoms with Gasteiger partial charge in [-0.2, -0.15) is 0 Å². The fourth-order valence-electron chi connectivity index (χ4n) is 2.67. The molecule has 0 spiro atoms. The summed E-state index contributed by atoms with van der Waals surface area (Å²) in [6.07, 6.45) is 2.96. The molecule has 2 heterocycles. The Morgan fingerprint density at radius 3 is 2.28 bits per heavy atom. The molecule has 0 aliphatic heterocycles. The molecule has 0 atom stereocenters. The monoisotopic (exact) mass is 346 g/mol. The number of nitrogens with one attached hydrogen (secondary N) is 1. The fourth-order valence-corrected chi connectivity index (χ4v) is 2.67. The molecule has 25 heavy (non-hydrogen) atoms. The molecule has 0 aliphatic rings. The molecular formula is C17H16F2N4O2. The lowest BCUT2D eigenvalue weighted by atomic mass is 10.2. The predicted octanol–water partition coefficient (Wildman–Crippen LogP) is 2.37. The van der Waals surface area contributed by atoms with Gasteiger partial charge in [0.15, 0.2) is 5.65 Å². The van der Waals surface area contributed by atoms with Crippen LogP contribution in [0.15, 0.2) is 27.8 Å². The Kier molecular flexibility index (Phi) is 4.35. The maximum absolute atomic E-state index is 13.2. The van der Waals surface area contributed by atoms with Gasteiger partial charge in [-0.25, -0.2) is 18.6 Å². The molecular weight excluding hydrogens is 330 g/mol. The van der Waals surface area contributed by atoms with Gasteiger partial charge in [-0.3, -0.25) is 13.9 Å². The van der Waals surface area contributed by atoms with E-state index in [1.807, 2.05) is 0 Å². The van der Waals surface area contributed by atoms with Crippen molar-refractivity contribution in [3.05, 3.63) is 62.1 Å². The van der Waals surface area contributed by atoms with Gasteiger partial charge in [-0.1, -0.05) is 6.08 Å². The van der Waals surface area contributed by atoms with Crippen molar-refractivity contribution < 1.29 is 8.78 Å². The Morgan fingerprint density at radius 1 is 1.04 bits per heavy atom. The molecule has 3 rings (SSSR count). The zero-order valence-electron chi connectivity index (χ0n) is 13.7. The molecule has 130 valence electrons. The smallest absolute Gasteiger partial charge is 0.332 e. The van der Waals surface area contributed by atoms with Crippen molar-refractivity contribution in [2.45, 2.75) is 26.9 Å². The molecule has 3 aromatic rings. The van der Waals surface area contributed by atoms with Crippen LogP contribution in [0, 0.1) is 11.6 Å². The Morgan fingerprint density at radius 2 is 1.68 bits per heavy atom. The van der Waals surface area contributed by atoms with Crippen LogP contribution in [-0.4, -0.2) is 19.1 Å². The van der Waals surface area contributed by atoms with Crippen molar-refractivity contribution in [1.29, 1.82) is 0 Å². The molecule has 0 bridgehead atoms. The first-order valence-electron chi connectivity index (χ1n) is 7.82. The van der Waals surface area contributed by atoms with Gasteiger partial charge in [0, 0.05) is 19.2 Å². The molecule has 0 fully saturated rings. The second-order valence-corrected chi connectivity index (χ2v) is 5.43. The molecule has 6 nitrogen and oxygen atoms in total. The van der Waals surface area contributed by atoms with Crippen LogP contribution in [0.4, 0.5) is 8.78 Å². The summed E-state index contributed by atoms with van der Waals surface area (Å²) in [4.78, 5) is 31.8. The Labute approximate surface area is 141 Å². The standard InChI is InChI=1S/C17H16F2N4O2/c1-3-22-15-14(16(24)23(4-2)17(22)25)20-13(21-15)6-5-10-7-11(18)9-12(19)8-10/h5-9H,3-4H2,1-2H3,(H,20,21). The first-order chi connectivity index (χ1) is 11.9. The molecule has 2 aromatic heterocycles. The zero-order chi connectivity index (χ0) is 18.1. The highest BCUT2D eigenvalue weighted by molar-refractivity contribution is 5.75. The number of imidazole rings is 1. The molecule has 0 saturated carbocycles. The minimum absolute atomic E-state index is 0.216. The topological polar surface area (TPSA) is 72.7 Å². The summed E-state index contributed by atoms with van der Waals surface area (Å²) in [6.45, 7) is 4.11. The second kappa shape index (κ2) is 6.46. The number of H-pyrrole nitrogens is 1. The highest BCUT2D eigenvalue weighted by Crippen LogP contribution is 2.12. The maximum Gasteiger partial charge on any atom is 0.332 e. The summed E-state index contributed by atoms with van der Waals surface area (Å²) in [7, 11) is 0. The van der Waals surface area contributed by atoms with Crippen LogP contribution in [-0.2, 0) is 13.1 Å². The quantitative estimate of drug-likeness (QED) is 0.788. The molecule has 1 N–H and O–H groups in total. The highest BCUT2D eigenvalue weighted by atomic mass is 19.1. The van der Waals surface area contributed by atoms with Gasteiger partial charge >= 0.3 is 5.69 Å². The summed E-state index contributed by atoms with van der Waals surface area (Å²) in [5.41, 5.74) is -0.0784. The first-order valence-corrected chi connectivity index (χ1v) is 7.82. The Balaban J connectivity index is 2.13. The van der Waals surface area contributed by atoms with Crippen LogP contribution in [0.5, 0.6) is 0 Å². The summed E-state index contributed by atoms with van der Waals surface area (Å²) in [6, 6.07) is 3.13. The lowest BCUT2D eigenvalue weighted by Gasteiger charge is -2.06. The third kappa shape index (κ3) is 3.02. The van der Waals surface area contributed by atoms with Crippen LogP contribution in [0.2, 0.25) is 0 Å². The lowest BCUT2D eigenvalue weighted by Crippen LogP contribution is -2.39. The molecule has 0 amide bonds. The fraction of sp³-hybridized carbons (Fsp3) is 0.235. The third-order valence-electron chi connectivity index (χ3n) is 3.83. The Bertz CT molecular complexity index is 1070. The number of hydrogen-bond acceptors (Lipinski definition) is 3. The van der Waals surface area contributed by atoms with Gasteiger partial charge in [-0.15, -0.1) is 0 Å². The molecule has 8 heteroatoms. The van der Waals surface area contributed by atoms with Crippen LogP contribution in [0.25, 0.3) is 23.3 Å². The normalized spacial score (nSPS) is 11.7. The molecule has 0 saturated heterocycles. The molecule has 0 aliphatic carbocycles. The van der Waals surface area contributed by atoms with E-state index in [4.69, 9.17) is 0 Å². The number of aromatic nitrogens is 4. The van der Waals surface area contributed by atoms with Gasteiger partial charge in [0.05, 0.1) is 0 Å². The molecule has 0 unspecified atom stereocenters. The Hall–Kier alpha value is -3.03. The van der Waals surface area contributed by atoms with Crippen molar-refractivity contribution in [1.82, 2.24) is 19.1 Å². The van der Waals surface area contributed by atoms with Gasteiger partial charge in [0.2, 0.25) is 0 Å². The first kappa shape index (κ1) is 16.8. The van der Waals surface area contributed by atoms with Crippen LogP contribution in [0.1, 0.15) is 25.2 Å². The molecule has 0 radical (unpaired) electrons. The predicted molar refractivity (Wildman–Crippen MR) is 91.2 cm³/mol. The van der Waals surface area contributed by atoms with Crippen molar-refractivity contribution in [3.8, 4) is 0 Å². The van der Waals surface area contributed by atoms with Gasteiger partial charge < -0.3 is 4.98 Å². The van der Waals surface area contributed by atoms with E-state index in [2.05, 4.69) is 9.97 Å². The van der Waals surface area contributed by atoms with E-state index in [1.165, 1.54) is 28.9 Å². The van der Waals surface area contributed by atoms with E-state index < -0.39 is 22.9 Å². The average Bonchev–Trinajstić information content (AvgIpc) is 2.97. The number of aryl methyl sites for hydroxylation is 1. The third-order valence-corrected chi connectivity index (χ3v) is 3.83. The molecule has 1 aromatic carbocycles. The van der Waals surface area contributed by atoms with Gasteiger partial charge in [0.25, 0.3) is 5.56 Å². The van der Waals surface area contributed by atoms with E-state index in [1.54, 1.807) is 13.8 Å². The number of halogens is 2. The van der Waals surface area contributed by atoms with Crippen molar-refractivity contribution >= 4 is 23.3 Å². The summed E-state index contributed by atoms with van der Waals surface area (Å²) in [5, 5.41) is 0. The SMILES string of the molecule is CCn1c(=O)c2[nH]c(C=Cc3cc(F)cc(F)c3)nc2n(CC)c1=O. The number of rotatable bonds is 4. The number of nitrogens with zero attached hydrogens (tertiary/aromatic N) is 3. The van der Waals surface area contributed by atoms with E-state index in [0.29, 0.717) is 17.9 Å². The largest absolute Gasteiger partial charge is 0.333 e. The lowest BCUT2D eigenvalue weighted by molar-refractivity contribution is 0.583. The van der Waals surface area contributed by atoms with Gasteiger partial charge in [0.1, 0.15) is 23.0 Å². The zero-order valence-corrected chi connectivity index (χ0v) is 13.7. The number of fused-ring (bicyclic) bond motifs is 1. The minimum Gasteiger partial charge on any atom is -0.333 e. The average molecular weight is 346 g/mol. The summed E-state index contributed by atoms with van der Waals surface area (Å²) >= 11 is 0. The highest BCUT2D eigenvalue weighted by Gasteiger charge is 2.14. The number of hydrogen-bond donors (Lipinski definition) is 1. The van der Waals surface area contributed by atoms with Crippen LogP contribution in [0.3, 0.4) is 0 Å². The minimum atomic E-state index is -0.685.